The molecule has 68 valence electrons. The quantitative estimate of drug-likeness (QED) is 0.783. The lowest BCUT2D eigenvalue weighted by atomic mass is 10.4. The van der Waals surface area contributed by atoms with Gasteiger partial charge >= 0.3 is 0 Å². The number of aromatic nitrogens is 3. The summed E-state index contributed by atoms with van der Waals surface area (Å²) in [6.07, 6.45) is 1.83. The third-order valence-electron chi connectivity index (χ3n) is 1.79. The van der Waals surface area contributed by atoms with E-state index in [1.807, 2.05) is 24.0 Å². The molecule has 2 aromatic heterocycles. The summed E-state index contributed by atoms with van der Waals surface area (Å²) in [5.74, 6) is 0. The first-order valence-electron chi connectivity index (χ1n) is 3.92. The van der Waals surface area contributed by atoms with Crippen LogP contribution in [-0.4, -0.2) is 14.8 Å². The molecule has 2 N–H and O–H groups in total. The Balaban J connectivity index is 2.19. The van der Waals surface area contributed by atoms with E-state index in [2.05, 4.69) is 10.1 Å². The van der Waals surface area contributed by atoms with Crippen LogP contribution in [0.3, 0.4) is 0 Å². The number of rotatable bonds is 2. The van der Waals surface area contributed by atoms with Crippen molar-refractivity contribution in [1.82, 2.24) is 14.8 Å². The first kappa shape index (κ1) is 8.25. The summed E-state index contributed by atoms with van der Waals surface area (Å²) in [6, 6.07) is 0. The molecule has 0 aliphatic rings. The second kappa shape index (κ2) is 3.18. The molecule has 13 heavy (non-hydrogen) atoms. The van der Waals surface area contributed by atoms with Crippen LogP contribution in [0.5, 0.6) is 0 Å². The predicted octanol–water partition coefficient (Wildman–Crippen LogP) is 1.28. The average molecular weight is 194 g/mol. The molecular weight excluding hydrogens is 184 g/mol. The van der Waals surface area contributed by atoms with Crippen molar-refractivity contribution in [3.63, 3.8) is 0 Å². The largest absolute Gasteiger partial charge is 0.396 e. The third-order valence-corrected chi connectivity index (χ3v) is 2.43. The Morgan fingerprint density at radius 3 is 3.00 bits per heavy atom. The van der Waals surface area contributed by atoms with Crippen LogP contribution in [0.2, 0.25) is 0 Å². The van der Waals surface area contributed by atoms with E-state index in [-0.39, 0.29) is 0 Å². The van der Waals surface area contributed by atoms with Crippen LogP contribution in [0.4, 0.5) is 5.69 Å². The van der Waals surface area contributed by atoms with Gasteiger partial charge in [-0.1, -0.05) is 0 Å². The van der Waals surface area contributed by atoms with Crippen molar-refractivity contribution in [2.75, 3.05) is 5.73 Å². The zero-order valence-corrected chi connectivity index (χ0v) is 8.08. The standard InChI is InChI=1S/C8H10N4S/c1-6-8(9)3-12(11-6)2-7-4-13-5-10-7/h3-5H,2,9H2,1H3. The highest BCUT2D eigenvalue weighted by Gasteiger charge is 2.01. The van der Waals surface area contributed by atoms with Crippen LogP contribution in [0.15, 0.2) is 17.1 Å². The van der Waals surface area contributed by atoms with Gasteiger partial charge in [0.25, 0.3) is 0 Å². The van der Waals surface area contributed by atoms with Crippen molar-refractivity contribution in [1.29, 1.82) is 0 Å². The van der Waals surface area contributed by atoms with Crippen LogP contribution in [0.25, 0.3) is 0 Å². The Bertz CT molecular complexity index is 371. The lowest BCUT2D eigenvalue weighted by Crippen LogP contribution is -2.00. The molecular formula is C8H10N4S. The number of anilines is 1. The van der Waals surface area contributed by atoms with Crippen molar-refractivity contribution >= 4 is 17.0 Å². The highest BCUT2D eigenvalue weighted by Crippen LogP contribution is 2.09. The third kappa shape index (κ3) is 1.70. The van der Waals surface area contributed by atoms with Crippen molar-refractivity contribution in [2.24, 2.45) is 0 Å². The summed E-state index contributed by atoms with van der Waals surface area (Å²) in [7, 11) is 0. The van der Waals surface area contributed by atoms with Crippen LogP contribution in [0, 0.1) is 6.92 Å². The van der Waals surface area contributed by atoms with E-state index in [0.717, 1.165) is 17.1 Å². The van der Waals surface area contributed by atoms with Crippen molar-refractivity contribution < 1.29 is 0 Å². The summed E-state index contributed by atoms with van der Waals surface area (Å²) < 4.78 is 1.81. The lowest BCUT2D eigenvalue weighted by Gasteiger charge is -1.95. The van der Waals surface area contributed by atoms with Gasteiger partial charge in [-0.05, 0) is 6.92 Å². The highest BCUT2D eigenvalue weighted by molar-refractivity contribution is 7.07. The Morgan fingerprint density at radius 2 is 2.46 bits per heavy atom. The summed E-state index contributed by atoms with van der Waals surface area (Å²) in [4.78, 5) is 4.17. The molecule has 0 amide bonds. The molecule has 0 radical (unpaired) electrons. The fourth-order valence-corrected chi connectivity index (χ4v) is 1.65. The van der Waals surface area contributed by atoms with Gasteiger partial charge in [-0.25, -0.2) is 4.98 Å². The monoisotopic (exact) mass is 194 g/mol. The number of hydrogen-bond acceptors (Lipinski definition) is 4. The smallest absolute Gasteiger partial charge is 0.0840 e. The summed E-state index contributed by atoms with van der Waals surface area (Å²) in [5, 5.41) is 6.25. The van der Waals surface area contributed by atoms with Gasteiger partial charge in [0.15, 0.2) is 0 Å². The molecule has 5 heteroatoms. The van der Waals surface area contributed by atoms with Gasteiger partial charge in [0.1, 0.15) is 0 Å². The fourth-order valence-electron chi connectivity index (χ4n) is 1.10. The fraction of sp³-hybridized carbons (Fsp3) is 0.250. The maximum absolute atomic E-state index is 5.67. The van der Waals surface area contributed by atoms with Crippen molar-refractivity contribution in [3.8, 4) is 0 Å². The molecule has 2 aromatic rings. The molecule has 2 rings (SSSR count). The van der Waals surface area contributed by atoms with Crippen LogP contribution >= 0.6 is 11.3 Å². The Kier molecular flexibility index (Phi) is 2.02. The van der Waals surface area contributed by atoms with E-state index < -0.39 is 0 Å². The van der Waals surface area contributed by atoms with Crippen LogP contribution in [-0.2, 0) is 6.54 Å². The Morgan fingerprint density at radius 1 is 1.62 bits per heavy atom. The van der Waals surface area contributed by atoms with E-state index in [1.165, 1.54) is 0 Å². The maximum Gasteiger partial charge on any atom is 0.0840 e. The first-order chi connectivity index (χ1) is 6.25. The minimum absolute atomic E-state index is 0.696. The molecule has 0 aromatic carbocycles. The number of aryl methyl sites for hydroxylation is 1. The molecule has 0 fully saturated rings. The van der Waals surface area contributed by atoms with Gasteiger partial charge in [0, 0.05) is 11.6 Å². The van der Waals surface area contributed by atoms with Gasteiger partial charge in [-0.2, -0.15) is 5.10 Å². The highest BCUT2D eigenvalue weighted by atomic mass is 32.1. The van der Waals surface area contributed by atoms with Gasteiger partial charge in [0.2, 0.25) is 0 Å². The summed E-state index contributed by atoms with van der Waals surface area (Å²) in [5.41, 5.74) is 10.1. The number of nitrogens with zero attached hydrogens (tertiary/aromatic N) is 3. The molecule has 0 spiro atoms. The van der Waals surface area contributed by atoms with Gasteiger partial charge in [-0.15, -0.1) is 11.3 Å². The van der Waals surface area contributed by atoms with E-state index >= 15 is 0 Å². The molecule has 0 aliphatic carbocycles. The summed E-state index contributed by atoms with van der Waals surface area (Å²) >= 11 is 1.59. The maximum atomic E-state index is 5.67. The molecule has 4 nitrogen and oxygen atoms in total. The number of nitrogen functional groups attached to an aromatic ring is 1. The van der Waals surface area contributed by atoms with E-state index in [1.54, 1.807) is 16.0 Å². The number of hydrogen-bond donors (Lipinski definition) is 1. The Labute approximate surface area is 80.0 Å². The molecule has 0 unspecified atom stereocenters. The van der Waals surface area contributed by atoms with E-state index in [4.69, 9.17) is 5.73 Å². The van der Waals surface area contributed by atoms with Gasteiger partial charge in [-0.3, -0.25) is 4.68 Å². The molecule has 0 saturated heterocycles. The Hall–Kier alpha value is -1.36. The predicted molar refractivity (Wildman–Crippen MR) is 52.6 cm³/mol. The molecule has 0 saturated carbocycles. The lowest BCUT2D eigenvalue weighted by molar-refractivity contribution is 0.669. The molecule has 2 heterocycles. The minimum Gasteiger partial charge on any atom is -0.396 e. The van der Waals surface area contributed by atoms with E-state index in [0.29, 0.717) is 6.54 Å². The average Bonchev–Trinajstić information content (AvgIpc) is 2.64. The topological polar surface area (TPSA) is 56.7 Å². The van der Waals surface area contributed by atoms with Crippen LogP contribution < -0.4 is 5.73 Å². The minimum atomic E-state index is 0.696. The number of nitrogens with two attached hydrogens (primary N) is 1. The first-order valence-corrected chi connectivity index (χ1v) is 4.86. The van der Waals surface area contributed by atoms with Crippen molar-refractivity contribution in [2.45, 2.75) is 13.5 Å². The summed E-state index contributed by atoms with van der Waals surface area (Å²) in [6.45, 7) is 2.59. The van der Waals surface area contributed by atoms with Gasteiger partial charge < -0.3 is 5.73 Å². The van der Waals surface area contributed by atoms with Crippen molar-refractivity contribution in [3.05, 3.63) is 28.5 Å². The zero-order chi connectivity index (χ0) is 9.26. The molecule has 0 aliphatic heterocycles. The number of thiazole rings is 1. The SMILES string of the molecule is Cc1nn(Cc2cscn2)cc1N. The normalized spacial score (nSPS) is 10.5. The molecule has 0 bridgehead atoms. The molecule has 0 atom stereocenters. The zero-order valence-electron chi connectivity index (χ0n) is 7.27. The van der Waals surface area contributed by atoms with Gasteiger partial charge in [0.05, 0.1) is 29.1 Å². The second-order valence-corrected chi connectivity index (χ2v) is 3.57. The van der Waals surface area contributed by atoms with Crippen LogP contribution in [0.1, 0.15) is 11.4 Å². The second-order valence-electron chi connectivity index (χ2n) is 2.85. The van der Waals surface area contributed by atoms with E-state index in [9.17, 15) is 0 Å².